The number of hydrogen-bond donors (Lipinski definition) is 2. The number of aromatic carboxylic acids is 2. The molecular weight excluding hydrogens is 384 g/mol. The van der Waals surface area contributed by atoms with Gasteiger partial charge in [0.25, 0.3) is 0 Å². The second-order valence-electron chi connectivity index (χ2n) is 6.63. The van der Waals surface area contributed by atoms with Gasteiger partial charge in [0, 0.05) is 19.6 Å². The Kier molecular flexibility index (Phi) is 5.67. The van der Waals surface area contributed by atoms with E-state index in [0.717, 1.165) is 5.56 Å². The van der Waals surface area contributed by atoms with Gasteiger partial charge in [0.05, 0.1) is 22.8 Å². The molecule has 2 aromatic rings. The summed E-state index contributed by atoms with van der Waals surface area (Å²) >= 11 is 6.09. The molecule has 0 unspecified atom stereocenters. The van der Waals surface area contributed by atoms with E-state index in [-0.39, 0.29) is 40.8 Å². The molecule has 7 nitrogen and oxygen atoms in total. The number of benzene rings is 2. The first-order valence-electron chi connectivity index (χ1n) is 8.66. The molecule has 1 amide bonds. The number of halogens is 1. The number of carbonyl (C=O) groups is 3. The van der Waals surface area contributed by atoms with Crippen molar-refractivity contribution in [1.82, 2.24) is 4.90 Å². The van der Waals surface area contributed by atoms with E-state index in [0.29, 0.717) is 18.7 Å². The maximum Gasteiger partial charge on any atom is 0.339 e. The van der Waals surface area contributed by atoms with Gasteiger partial charge in [-0.2, -0.15) is 0 Å². The number of amides is 1. The first-order chi connectivity index (χ1) is 13.3. The maximum absolute atomic E-state index is 12.8. The quantitative estimate of drug-likeness (QED) is 0.798. The minimum atomic E-state index is -1.37. The standard InChI is InChI=1S/C20H19ClN2O5/c1-12-9-14(21)17(20(27)28)18(16(12)19(25)26)23-8-7-22(11-15(23)24)10-13-5-3-2-4-6-13/h2-6,9H,7-8,10-11H2,1H3,(H,25,26)(H,27,28). The van der Waals surface area contributed by atoms with E-state index in [4.69, 9.17) is 11.6 Å². The second-order valence-corrected chi connectivity index (χ2v) is 7.03. The molecule has 8 heteroatoms. The number of anilines is 1. The second kappa shape index (κ2) is 8.00. The number of carboxylic acids is 2. The van der Waals surface area contributed by atoms with Gasteiger partial charge in [0.2, 0.25) is 5.91 Å². The molecule has 2 N–H and O–H groups in total. The normalized spacial score (nSPS) is 14.9. The van der Waals surface area contributed by atoms with Crippen LogP contribution in [0.3, 0.4) is 0 Å². The largest absolute Gasteiger partial charge is 0.478 e. The van der Waals surface area contributed by atoms with Crippen LogP contribution >= 0.6 is 11.6 Å². The molecule has 0 aliphatic carbocycles. The summed E-state index contributed by atoms with van der Waals surface area (Å²) < 4.78 is 0. The molecule has 3 rings (SSSR count). The van der Waals surface area contributed by atoms with Crippen molar-refractivity contribution in [2.75, 3.05) is 24.5 Å². The zero-order valence-electron chi connectivity index (χ0n) is 15.2. The fourth-order valence-electron chi connectivity index (χ4n) is 3.44. The predicted octanol–water partition coefficient (Wildman–Crippen LogP) is 2.89. The lowest BCUT2D eigenvalue weighted by Gasteiger charge is -2.36. The molecule has 0 aromatic heterocycles. The summed E-state index contributed by atoms with van der Waals surface area (Å²) in [6.07, 6.45) is 0. The van der Waals surface area contributed by atoms with Crippen molar-refractivity contribution < 1.29 is 24.6 Å². The predicted molar refractivity (Wildman–Crippen MR) is 104 cm³/mol. The lowest BCUT2D eigenvalue weighted by Crippen LogP contribution is -2.51. The molecule has 0 atom stereocenters. The highest BCUT2D eigenvalue weighted by molar-refractivity contribution is 6.35. The lowest BCUT2D eigenvalue weighted by atomic mass is 9.99. The Morgan fingerprint density at radius 1 is 1.07 bits per heavy atom. The summed E-state index contributed by atoms with van der Waals surface area (Å²) in [5, 5.41) is 19.1. The number of hydrogen-bond acceptors (Lipinski definition) is 4. The first kappa shape index (κ1) is 19.9. The van der Waals surface area contributed by atoms with Crippen molar-refractivity contribution in [3.8, 4) is 0 Å². The van der Waals surface area contributed by atoms with Crippen LogP contribution in [0.1, 0.15) is 31.8 Å². The smallest absolute Gasteiger partial charge is 0.339 e. The molecule has 1 aliphatic rings. The van der Waals surface area contributed by atoms with Gasteiger partial charge in [-0.15, -0.1) is 0 Å². The van der Waals surface area contributed by atoms with Gasteiger partial charge in [-0.3, -0.25) is 9.69 Å². The Hall–Kier alpha value is -2.90. The van der Waals surface area contributed by atoms with Gasteiger partial charge in [-0.25, -0.2) is 9.59 Å². The molecule has 1 heterocycles. The Bertz CT molecular complexity index is 907. The highest BCUT2D eigenvalue weighted by atomic mass is 35.5. The highest BCUT2D eigenvalue weighted by Gasteiger charge is 2.34. The van der Waals surface area contributed by atoms with E-state index in [2.05, 4.69) is 0 Å². The topological polar surface area (TPSA) is 98.2 Å². The molecule has 1 aliphatic heterocycles. The number of rotatable bonds is 5. The Morgan fingerprint density at radius 2 is 1.71 bits per heavy atom. The monoisotopic (exact) mass is 402 g/mol. The summed E-state index contributed by atoms with van der Waals surface area (Å²) in [5.41, 5.74) is 0.632. The van der Waals surface area contributed by atoms with Crippen LogP contribution in [0.25, 0.3) is 0 Å². The molecule has 28 heavy (non-hydrogen) atoms. The summed E-state index contributed by atoms with van der Waals surface area (Å²) in [6, 6.07) is 11.0. The van der Waals surface area contributed by atoms with Gasteiger partial charge >= 0.3 is 11.9 Å². The van der Waals surface area contributed by atoms with Crippen LogP contribution in [0, 0.1) is 6.92 Å². The molecule has 2 aromatic carbocycles. The van der Waals surface area contributed by atoms with Gasteiger partial charge in [0.15, 0.2) is 0 Å². The van der Waals surface area contributed by atoms with Crippen LogP contribution in [0.5, 0.6) is 0 Å². The molecular formula is C20H19ClN2O5. The zero-order chi connectivity index (χ0) is 20.4. The Morgan fingerprint density at radius 3 is 2.29 bits per heavy atom. The van der Waals surface area contributed by atoms with Gasteiger partial charge < -0.3 is 15.1 Å². The molecule has 1 fully saturated rings. The Balaban J connectivity index is 1.95. The van der Waals surface area contributed by atoms with Crippen LogP contribution in [0.4, 0.5) is 5.69 Å². The van der Waals surface area contributed by atoms with Crippen LogP contribution in [-0.2, 0) is 11.3 Å². The van der Waals surface area contributed by atoms with Crippen LogP contribution in [0.2, 0.25) is 5.02 Å². The average Bonchev–Trinajstić information content (AvgIpc) is 2.61. The van der Waals surface area contributed by atoms with Crippen molar-refractivity contribution in [3.05, 3.63) is 63.7 Å². The van der Waals surface area contributed by atoms with Crippen LogP contribution < -0.4 is 4.90 Å². The van der Waals surface area contributed by atoms with Crippen LogP contribution in [0.15, 0.2) is 36.4 Å². The van der Waals surface area contributed by atoms with E-state index >= 15 is 0 Å². The maximum atomic E-state index is 12.8. The van der Waals surface area contributed by atoms with Gasteiger partial charge in [0.1, 0.15) is 5.56 Å². The molecule has 0 spiro atoms. The molecule has 0 saturated carbocycles. The third-order valence-electron chi connectivity index (χ3n) is 4.70. The third kappa shape index (κ3) is 3.85. The van der Waals surface area contributed by atoms with Crippen molar-refractivity contribution in [3.63, 3.8) is 0 Å². The van der Waals surface area contributed by atoms with Crippen molar-refractivity contribution in [2.24, 2.45) is 0 Å². The fourth-order valence-corrected chi connectivity index (χ4v) is 3.77. The summed E-state index contributed by atoms with van der Waals surface area (Å²) in [6.45, 7) is 2.81. The zero-order valence-corrected chi connectivity index (χ0v) is 15.9. The number of aryl methyl sites for hydroxylation is 1. The number of carbonyl (C=O) groups excluding carboxylic acids is 1. The summed E-state index contributed by atoms with van der Waals surface area (Å²) in [7, 11) is 0. The van der Waals surface area contributed by atoms with E-state index in [1.165, 1.54) is 17.9 Å². The van der Waals surface area contributed by atoms with Crippen molar-refractivity contribution >= 4 is 35.1 Å². The van der Waals surface area contributed by atoms with E-state index in [1.807, 2.05) is 35.2 Å². The molecule has 0 bridgehead atoms. The number of carboxylic acid groups (broad SMARTS) is 2. The first-order valence-corrected chi connectivity index (χ1v) is 9.03. The SMILES string of the molecule is Cc1cc(Cl)c(C(=O)O)c(N2CCN(Cc3ccccc3)CC2=O)c1C(=O)O. The number of nitrogens with zero attached hydrogens (tertiary/aromatic N) is 2. The minimum absolute atomic E-state index is 0.0541. The fraction of sp³-hybridized carbons (Fsp3) is 0.250. The number of piperazine rings is 1. The van der Waals surface area contributed by atoms with E-state index in [1.54, 1.807) is 0 Å². The third-order valence-corrected chi connectivity index (χ3v) is 4.99. The summed E-state index contributed by atoms with van der Waals surface area (Å²) in [4.78, 5) is 39.5. The van der Waals surface area contributed by atoms with Crippen molar-refractivity contribution in [2.45, 2.75) is 13.5 Å². The summed E-state index contributed by atoms with van der Waals surface area (Å²) in [5.74, 6) is -3.04. The van der Waals surface area contributed by atoms with Gasteiger partial charge in [-0.1, -0.05) is 41.9 Å². The minimum Gasteiger partial charge on any atom is -0.478 e. The Labute approximate surface area is 166 Å². The molecule has 1 saturated heterocycles. The van der Waals surface area contributed by atoms with E-state index < -0.39 is 11.9 Å². The van der Waals surface area contributed by atoms with Crippen LogP contribution in [-0.4, -0.2) is 52.6 Å². The van der Waals surface area contributed by atoms with Crippen molar-refractivity contribution in [1.29, 1.82) is 0 Å². The van der Waals surface area contributed by atoms with Gasteiger partial charge in [-0.05, 0) is 24.1 Å². The highest BCUT2D eigenvalue weighted by Crippen LogP contribution is 2.35. The molecule has 0 radical (unpaired) electrons. The average molecular weight is 403 g/mol. The molecule has 146 valence electrons. The van der Waals surface area contributed by atoms with E-state index in [9.17, 15) is 24.6 Å². The lowest BCUT2D eigenvalue weighted by molar-refractivity contribution is -0.121.